The Hall–Kier alpha value is -1.27. The minimum absolute atomic E-state index is 0.504. The van der Waals surface area contributed by atoms with Crippen LogP contribution < -0.4 is 0 Å². The number of hydrogen-bond donors (Lipinski definition) is 0. The maximum Gasteiger partial charge on any atom is 0.101 e. The predicted molar refractivity (Wildman–Crippen MR) is 72.0 cm³/mol. The van der Waals surface area contributed by atoms with E-state index in [2.05, 4.69) is 45.6 Å². The summed E-state index contributed by atoms with van der Waals surface area (Å²) in [5.41, 5.74) is 3.25. The van der Waals surface area contributed by atoms with E-state index in [0.717, 1.165) is 22.0 Å². The highest BCUT2D eigenvalue weighted by molar-refractivity contribution is 9.10. The van der Waals surface area contributed by atoms with Gasteiger partial charge in [0.25, 0.3) is 0 Å². The normalized spacial score (nSPS) is 19.0. The van der Waals surface area contributed by atoms with E-state index in [9.17, 15) is 5.26 Å². The van der Waals surface area contributed by atoms with Crippen LogP contribution in [0.3, 0.4) is 0 Å². The number of hydrogen-bond acceptors (Lipinski definition) is 1. The van der Waals surface area contributed by atoms with E-state index in [1.54, 1.807) is 0 Å². The van der Waals surface area contributed by atoms with Gasteiger partial charge < -0.3 is 4.57 Å². The highest BCUT2D eigenvalue weighted by Gasteiger charge is 2.20. The van der Waals surface area contributed by atoms with Crippen molar-refractivity contribution in [2.75, 3.05) is 0 Å². The number of nitrogens with zero attached hydrogens (tertiary/aromatic N) is 2. The van der Waals surface area contributed by atoms with Gasteiger partial charge in [-0.05, 0) is 44.4 Å². The molecule has 3 rings (SSSR count). The van der Waals surface area contributed by atoms with Gasteiger partial charge in [0.1, 0.15) is 6.07 Å². The van der Waals surface area contributed by atoms with Gasteiger partial charge in [-0.25, -0.2) is 0 Å². The number of halogens is 1. The first kappa shape index (κ1) is 10.9. The van der Waals surface area contributed by atoms with Crippen LogP contribution in [-0.2, 0) is 6.42 Å². The molecule has 1 aromatic carbocycles. The first-order valence-corrected chi connectivity index (χ1v) is 6.73. The minimum atomic E-state index is 0.504. The van der Waals surface area contributed by atoms with Crippen molar-refractivity contribution in [1.82, 2.24) is 4.57 Å². The molecule has 1 aliphatic heterocycles. The summed E-state index contributed by atoms with van der Waals surface area (Å²) >= 11 is 3.47. The molecule has 0 aliphatic carbocycles. The van der Waals surface area contributed by atoms with Crippen LogP contribution in [0, 0.1) is 11.3 Å². The van der Waals surface area contributed by atoms with E-state index in [0.29, 0.717) is 6.04 Å². The van der Waals surface area contributed by atoms with Crippen LogP contribution in [0.25, 0.3) is 10.9 Å². The van der Waals surface area contributed by atoms with Gasteiger partial charge in [-0.1, -0.05) is 15.9 Å². The molecule has 0 bridgehead atoms. The quantitative estimate of drug-likeness (QED) is 0.715. The Morgan fingerprint density at radius 2 is 2.24 bits per heavy atom. The molecular weight excluding hydrogens is 276 g/mol. The monoisotopic (exact) mass is 288 g/mol. The SMILES string of the molecule is C[C@H]1CCCc2cc3cc(Br)cc(C#N)c3n21. The molecule has 86 valence electrons. The lowest BCUT2D eigenvalue weighted by Gasteiger charge is -2.24. The highest BCUT2D eigenvalue weighted by Crippen LogP contribution is 2.34. The Labute approximate surface area is 109 Å². The molecular formula is C14H13BrN2. The Kier molecular flexibility index (Phi) is 2.48. The molecule has 0 saturated carbocycles. The van der Waals surface area contributed by atoms with Gasteiger partial charge in [0, 0.05) is 21.6 Å². The van der Waals surface area contributed by atoms with E-state index in [1.165, 1.54) is 23.9 Å². The van der Waals surface area contributed by atoms with Crippen LogP contribution in [0.5, 0.6) is 0 Å². The van der Waals surface area contributed by atoms with E-state index in [4.69, 9.17) is 0 Å². The zero-order chi connectivity index (χ0) is 12.0. The molecule has 1 aliphatic rings. The molecule has 1 aromatic heterocycles. The largest absolute Gasteiger partial charge is 0.341 e. The molecule has 17 heavy (non-hydrogen) atoms. The molecule has 2 heterocycles. The lowest BCUT2D eigenvalue weighted by molar-refractivity contribution is 0.443. The molecule has 1 atom stereocenters. The van der Waals surface area contributed by atoms with Gasteiger partial charge in [-0.15, -0.1) is 0 Å². The number of fused-ring (bicyclic) bond motifs is 3. The fraction of sp³-hybridized carbons (Fsp3) is 0.357. The van der Waals surface area contributed by atoms with E-state index in [-0.39, 0.29) is 0 Å². The summed E-state index contributed by atoms with van der Waals surface area (Å²) < 4.78 is 3.33. The van der Waals surface area contributed by atoms with Gasteiger partial charge in [-0.3, -0.25) is 0 Å². The number of aromatic nitrogens is 1. The average molecular weight is 289 g/mol. The molecule has 0 unspecified atom stereocenters. The zero-order valence-electron chi connectivity index (χ0n) is 9.70. The molecule has 3 heteroatoms. The molecule has 0 amide bonds. The third-order valence-electron chi connectivity index (χ3n) is 3.59. The maximum absolute atomic E-state index is 9.28. The van der Waals surface area contributed by atoms with Crippen LogP contribution in [-0.4, -0.2) is 4.57 Å². The molecule has 0 saturated heterocycles. The van der Waals surface area contributed by atoms with Crippen LogP contribution in [0.15, 0.2) is 22.7 Å². The standard InChI is InChI=1S/C14H13BrN2/c1-9-3-2-4-13-7-10-5-12(15)6-11(8-16)14(10)17(9)13/h5-7,9H,2-4H2,1H3/t9-/m0/s1. The zero-order valence-corrected chi connectivity index (χ0v) is 11.3. The second-order valence-electron chi connectivity index (χ2n) is 4.75. The topological polar surface area (TPSA) is 28.7 Å². The van der Waals surface area contributed by atoms with Crippen molar-refractivity contribution < 1.29 is 0 Å². The van der Waals surface area contributed by atoms with Gasteiger partial charge in [-0.2, -0.15) is 5.26 Å². The summed E-state index contributed by atoms with van der Waals surface area (Å²) in [4.78, 5) is 0. The summed E-state index contributed by atoms with van der Waals surface area (Å²) in [5.74, 6) is 0. The van der Waals surface area contributed by atoms with E-state index >= 15 is 0 Å². The van der Waals surface area contributed by atoms with Crippen molar-refractivity contribution in [3.63, 3.8) is 0 Å². The third-order valence-corrected chi connectivity index (χ3v) is 4.05. The smallest absolute Gasteiger partial charge is 0.101 e. The summed E-state index contributed by atoms with van der Waals surface area (Å²) in [7, 11) is 0. The minimum Gasteiger partial charge on any atom is -0.341 e. The van der Waals surface area contributed by atoms with Crippen LogP contribution in [0.4, 0.5) is 0 Å². The Morgan fingerprint density at radius 3 is 3.00 bits per heavy atom. The Balaban J connectivity index is 2.41. The second-order valence-corrected chi connectivity index (χ2v) is 5.67. The maximum atomic E-state index is 9.28. The Bertz CT molecular complexity index is 634. The second kappa shape index (κ2) is 3.89. The highest BCUT2D eigenvalue weighted by atomic mass is 79.9. The van der Waals surface area contributed by atoms with Crippen LogP contribution >= 0.6 is 15.9 Å². The lowest BCUT2D eigenvalue weighted by atomic mass is 10.0. The first-order chi connectivity index (χ1) is 8.20. The lowest BCUT2D eigenvalue weighted by Crippen LogP contribution is -2.14. The summed E-state index contributed by atoms with van der Waals surface area (Å²) in [6.07, 6.45) is 3.58. The van der Waals surface area contributed by atoms with Crippen molar-refractivity contribution in [3.05, 3.63) is 33.9 Å². The fourth-order valence-corrected chi connectivity index (χ4v) is 3.36. The van der Waals surface area contributed by atoms with Crippen molar-refractivity contribution in [3.8, 4) is 6.07 Å². The van der Waals surface area contributed by atoms with Gasteiger partial charge in [0.05, 0.1) is 11.1 Å². The first-order valence-electron chi connectivity index (χ1n) is 5.94. The van der Waals surface area contributed by atoms with Crippen molar-refractivity contribution >= 4 is 26.8 Å². The number of aryl methyl sites for hydroxylation is 1. The number of nitriles is 1. The number of rotatable bonds is 0. The Morgan fingerprint density at radius 1 is 1.41 bits per heavy atom. The molecule has 0 N–H and O–H groups in total. The average Bonchev–Trinajstić information content (AvgIpc) is 2.67. The van der Waals surface area contributed by atoms with Gasteiger partial charge in [0.2, 0.25) is 0 Å². The van der Waals surface area contributed by atoms with Crippen molar-refractivity contribution in [2.45, 2.75) is 32.2 Å². The molecule has 0 spiro atoms. The summed E-state index contributed by atoms with van der Waals surface area (Å²) in [6.45, 7) is 2.24. The molecule has 0 fully saturated rings. The summed E-state index contributed by atoms with van der Waals surface area (Å²) in [6, 6.07) is 9.07. The predicted octanol–water partition coefficient (Wildman–Crippen LogP) is 4.17. The number of benzene rings is 1. The molecule has 2 nitrogen and oxygen atoms in total. The molecule has 2 aromatic rings. The molecule has 0 radical (unpaired) electrons. The van der Waals surface area contributed by atoms with E-state index < -0.39 is 0 Å². The van der Waals surface area contributed by atoms with Gasteiger partial charge in [0.15, 0.2) is 0 Å². The van der Waals surface area contributed by atoms with Crippen molar-refractivity contribution in [2.24, 2.45) is 0 Å². The third kappa shape index (κ3) is 1.59. The van der Waals surface area contributed by atoms with E-state index in [1.807, 2.05) is 6.07 Å². The van der Waals surface area contributed by atoms with Gasteiger partial charge >= 0.3 is 0 Å². The van der Waals surface area contributed by atoms with Crippen LogP contribution in [0.2, 0.25) is 0 Å². The van der Waals surface area contributed by atoms with Crippen LogP contribution in [0.1, 0.15) is 37.1 Å². The fourth-order valence-electron chi connectivity index (χ4n) is 2.88. The summed E-state index contributed by atoms with van der Waals surface area (Å²) in [5, 5.41) is 10.5. The van der Waals surface area contributed by atoms with Crippen molar-refractivity contribution in [1.29, 1.82) is 5.26 Å².